The van der Waals surface area contributed by atoms with E-state index in [1.54, 1.807) is 31.2 Å². The van der Waals surface area contributed by atoms with Crippen molar-refractivity contribution in [3.63, 3.8) is 0 Å². The maximum Gasteiger partial charge on any atom is 0.333 e. The van der Waals surface area contributed by atoms with Gasteiger partial charge in [0.1, 0.15) is 11.7 Å². The number of aromatic nitrogens is 2. The summed E-state index contributed by atoms with van der Waals surface area (Å²) in [4.78, 5) is 24.2. The first-order valence-electron chi connectivity index (χ1n) is 11.2. The lowest BCUT2D eigenvalue weighted by atomic mass is 9.78. The van der Waals surface area contributed by atoms with E-state index in [0.29, 0.717) is 40.9 Å². The molecule has 1 aliphatic carbocycles. The van der Waals surface area contributed by atoms with Gasteiger partial charge in [-0.05, 0) is 63.3 Å². The van der Waals surface area contributed by atoms with Gasteiger partial charge in [0.2, 0.25) is 5.88 Å². The van der Waals surface area contributed by atoms with E-state index < -0.39 is 18.4 Å². The van der Waals surface area contributed by atoms with Gasteiger partial charge in [0.05, 0.1) is 17.2 Å². The number of primary amides is 1. The summed E-state index contributed by atoms with van der Waals surface area (Å²) in [5.74, 6) is -1.29. The van der Waals surface area contributed by atoms with Crippen molar-refractivity contribution in [3.05, 3.63) is 52.9 Å². The van der Waals surface area contributed by atoms with Gasteiger partial charge in [-0.3, -0.25) is 9.59 Å². The maximum absolute atomic E-state index is 12.9. The van der Waals surface area contributed by atoms with Crippen LogP contribution < -0.4 is 21.1 Å². The van der Waals surface area contributed by atoms with Crippen LogP contribution in [0.15, 0.2) is 41.7 Å². The number of hydrogen-bond donors (Lipinski definition) is 4. The predicted molar refractivity (Wildman–Crippen MR) is 128 cm³/mol. The molecule has 2 amide bonds. The third-order valence-electron chi connectivity index (χ3n) is 5.84. The van der Waals surface area contributed by atoms with Crippen molar-refractivity contribution >= 4 is 23.7 Å². The number of nitrogens with zero attached hydrogens (tertiary/aromatic N) is 3. The summed E-state index contributed by atoms with van der Waals surface area (Å²) >= 11 is 0. The molecule has 1 saturated carbocycles. The second-order valence-electron chi connectivity index (χ2n) is 8.65. The van der Waals surface area contributed by atoms with Gasteiger partial charge < -0.3 is 26.5 Å². The molecule has 10 nitrogen and oxygen atoms in total. The second-order valence-corrected chi connectivity index (χ2v) is 8.65. The molecular weight excluding hydrogens is 472 g/mol. The Morgan fingerprint density at radius 1 is 1.36 bits per heavy atom. The highest BCUT2D eigenvalue weighted by Crippen LogP contribution is 2.35. The second kappa shape index (κ2) is 11.4. The van der Waals surface area contributed by atoms with Crippen LogP contribution in [-0.4, -0.2) is 40.0 Å². The van der Waals surface area contributed by atoms with E-state index in [1.807, 2.05) is 13.0 Å². The van der Waals surface area contributed by atoms with Crippen molar-refractivity contribution in [1.82, 2.24) is 15.1 Å². The van der Waals surface area contributed by atoms with Crippen molar-refractivity contribution in [3.8, 4) is 11.9 Å². The van der Waals surface area contributed by atoms with E-state index in [-0.39, 0.29) is 35.1 Å². The minimum absolute atomic E-state index is 0.176. The normalized spacial score (nSPS) is 18.3. The van der Waals surface area contributed by atoms with Crippen LogP contribution >= 0.6 is 0 Å². The Labute approximate surface area is 206 Å². The van der Waals surface area contributed by atoms with Crippen LogP contribution in [0, 0.1) is 22.7 Å². The van der Waals surface area contributed by atoms with E-state index >= 15 is 0 Å². The molecule has 3 rings (SSSR count). The molecular formula is C24H27F2N7O3. The van der Waals surface area contributed by atoms with Crippen LogP contribution in [0.4, 0.5) is 14.5 Å². The third-order valence-corrected chi connectivity index (χ3v) is 5.84. The highest BCUT2D eigenvalue weighted by molar-refractivity contribution is 6.12. The van der Waals surface area contributed by atoms with Crippen molar-refractivity contribution in [2.45, 2.75) is 51.8 Å². The molecule has 0 bridgehead atoms. The Morgan fingerprint density at radius 3 is 2.58 bits per heavy atom. The number of halogens is 2. The number of allylic oxidation sites excluding steroid dienone is 1. The average molecular weight is 500 g/mol. The zero-order valence-corrected chi connectivity index (χ0v) is 19.8. The molecule has 1 aromatic heterocycles. The third kappa shape index (κ3) is 6.44. The number of hydrogen-bond acceptors (Lipinski definition) is 7. The minimum Gasteiger partial charge on any atom is -0.473 e. The number of rotatable bonds is 11. The van der Waals surface area contributed by atoms with Gasteiger partial charge in [0.15, 0.2) is 0 Å². The SMILES string of the molecule is C/C(Nc1ccc(C#N)cc1)=C(/C=N)C(=O)N[C@@H](C)CC1CC(Oc2nn(C(F)F)cc2C(N)=O)C1. The fourth-order valence-electron chi connectivity index (χ4n) is 3.97. The summed E-state index contributed by atoms with van der Waals surface area (Å²) in [6.07, 6.45) is 3.40. The van der Waals surface area contributed by atoms with Gasteiger partial charge in [-0.25, -0.2) is 4.68 Å². The van der Waals surface area contributed by atoms with Crippen LogP contribution in [0.1, 0.15) is 55.6 Å². The molecule has 0 radical (unpaired) electrons. The van der Waals surface area contributed by atoms with Crippen LogP contribution in [0.25, 0.3) is 0 Å². The Bertz CT molecular complexity index is 1200. The number of nitrogens with two attached hydrogens (primary N) is 1. The number of nitrogens with one attached hydrogen (secondary N) is 3. The Balaban J connectivity index is 1.50. The summed E-state index contributed by atoms with van der Waals surface area (Å²) in [5, 5.41) is 26.1. The first-order chi connectivity index (χ1) is 17.1. The van der Waals surface area contributed by atoms with Gasteiger partial charge in [0.25, 0.3) is 11.8 Å². The van der Waals surface area contributed by atoms with Gasteiger partial charge in [0, 0.05) is 29.8 Å². The summed E-state index contributed by atoms with van der Waals surface area (Å²) < 4.78 is 31.7. The quantitative estimate of drug-likeness (QED) is 0.274. The summed E-state index contributed by atoms with van der Waals surface area (Å²) in [6, 6.07) is 8.56. The van der Waals surface area contributed by atoms with E-state index in [4.69, 9.17) is 21.1 Å². The first-order valence-corrected chi connectivity index (χ1v) is 11.2. The molecule has 2 aromatic rings. The number of carbonyl (C=O) groups excluding carboxylic acids is 2. The molecule has 5 N–H and O–H groups in total. The van der Waals surface area contributed by atoms with Crippen molar-refractivity contribution in [2.24, 2.45) is 11.7 Å². The number of ether oxygens (including phenoxy) is 1. The zero-order valence-electron chi connectivity index (χ0n) is 19.8. The molecule has 36 heavy (non-hydrogen) atoms. The molecule has 1 aliphatic rings. The summed E-state index contributed by atoms with van der Waals surface area (Å²) in [7, 11) is 0. The van der Waals surface area contributed by atoms with Crippen LogP contribution in [-0.2, 0) is 4.79 Å². The molecule has 0 spiro atoms. The highest BCUT2D eigenvalue weighted by Gasteiger charge is 2.34. The molecule has 1 aromatic carbocycles. The number of nitriles is 1. The van der Waals surface area contributed by atoms with Crippen LogP contribution in [0.5, 0.6) is 5.88 Å². The first kappa shape index (κ1) is 26.3. The lowest BCUT2D eigenvalue weighted by Crippen LogP contribution is -2.41. The van der Waals surface area contributed by atoms with Gasteiger partial charge in [-0.1, -0.05) is 0 Å². The topological polar surface area (TPSA) is 159 Å². The van der Waals surface area contributed by atoms with Crippen LogP contribution in [0.3, 0.4) is 0 Å². The zero-order chi connectivity index (χ0) is 26.4. The fraction of sp³-hybridized carbons (Fsp3) is 0.375. The fourth-order valence-corrected chi connectivity index (χ4v) is 3.97. The van der Waals surface area contributed by atoms with Crippen LogP contribution in [0.2, 0.25) is 0 Å². The van der Waals surface area contributed by atoms with Gasteiger partial charge in [-0.2, -0.15) is 14.0 Å². The monoisotopic (exact) mass is 499 g/mol. The molecule has 0 unspecified atom stereocenters. The van der Waals surface area contributed by atoms with E-state index in [9.17, 15) is 18.4 Å². The number of amides is 2. The minimum atomic E-state index is -2.91. The Kier molecular flexibility index (Phi) is 8.37. The van der Waals surface area contributed by atoms with Crippen molar-refractivity contribution in [2.75, 3.05) is 5.32 Å². The highest BCUT2D eigenvalue weighted by atomic mass is 19.3. The van der Waals surface area contributed by atoms with Gasteiger partial charge >= 0.3 is 6.55 Å². The Morgan fingerprint density at radius 2 is 2.03 bits per heavy atom. The maximum atomic E-state index is 12.9. The average Bonchev–Trinajstić information content (AvgIpc) is 3.23. The number of alkyl halides is 2. The lowest BCUT2D eigenvalue weighted by molar-refractivity contribution is -0.117. The Hall–Kier alpha value is -4.27. The van der Waals surface area contributed by atoms with Crippen molar-refractivity contribution < 1.29 is 23.1 Å². The predicted octanol–water partition coefficient (Wildman–Crippen LogP) is 3.34. The van der Waals surface area contributed by atoms with Gasteiger partial charge in [-0.15, -0.1) is 5.10 Å². The molecule has 190 valence electrons. The number of carbonyl (C=O) groups is 2. The standard InChI is InChI=1S/C24H27F2N7O3/c1-13(30-22(35)19(11-28)14(2)31-17-5-3-15(10-27)4-6-17)7-16-8-18(9-16)36-23-20(21(29)34)12-33(32-23)24(25)26/h3-6,11-13,16,18,24,28,31H,7-9H2,1-2H3,(H2,29,34)(H,30,35)/b19-14+,28-11?/t13-,16?,18?/m0/s1. The van der Waals surface area contributed by atoms with E-state index in [0.717, 1.165) is 12.4 Å². The van der Waals surface area contributed by atoms with Crippen molar-refractivity contribution in [1.29, 1.82) is 10.7 Å². The molecule has 0 aliphatic heterocycles. The largest absolute Gasteiger partial charge is 0.473 e. The summed E-state index contributed by atoms with van der Waals surface area (Å²) in [6.45, 7) is 0.626. The molecule has 1 atom stereocenters. The molecule has 1 fully saturated rings. The smallest absolute Gasteiger partial charge is 0.333 e. The molecule has 1 heterocycles. The number of anilines is 1. The summed E-state index contributed by atoms with van der Waals surface area (Å²) in [5.41, 5.74) is 6.89. The molecule has 12 heteroatoms. The number of benzene rings is 1. The van der Waals surface area contributed by atoms with E-state index in [2.05, 4.69) is 15.7 Å². The molecule has 0 saturated heterocycles. The van der Waals surface area contributed by atoms with E-state index in [1.165, 1.54) is 0 Å². The lowest BCUT2D eigenvalue weighted by Gasteiger charge is -2.36.